The van der Waals surface area contributed by atoms with Crippen LogP contribution in [-0.2, 0) is 21.4 Å². The monoisotopic (exact) mass is 363 g/mol. The fraction of sp³-hybridized carbons (Fsp3) is 0.538. The van der Waals surface area contributed by atoms with Gasteiger partial charge >= 0.3 is 0 Å². The highest BCUT2D eigenvalue weighted by molar-refractivity contribution is 9.10. The van der Waals surface area contributed by atoms with E-state index in [9.17, 15) is 8.42 Å². The summed E-state index contributed by atoms with van der Waals surface area (Å²) in [5, 5.41) is 9.17. The van der Waals surface area contributed by atoms with Crippen molar-refractivity contribution in [2.24, 2.45) is 0 Å². The van der Waals surface area contributed by atoms with Gasteiger partial charge in [-0.25, -0.2) is 8.42 Å². The Morgan fingerprint density at radius 1 is 1.40 bits per heavy atom. The third-order valence-corrected chi connectivity index (χ3v) is 6.44. The second-order valence-electron chi connectivity index (χ2n) is 4.79. The largest absolute Gasteiger partial charge is 0.392 e. The van der Waals surface area contributed by atoms with Crippen LogP contribution in [0.5, 0.6) is 0 Å². The van der Waals surface area contributed by atoms with Crippen LogP contribution in [0.2, 0.25) is 0 Å². The van der Waals surface area contributed by atoms with Gasteiger partial charge in [-0.05, 0) is 46.5 Å². The molecule has 0 aliphatic carbocycles. The van der Waals surface area contributed by atoms with Crippen molar-refractivity contribution in [2.45, 2.75) is 30.4 Å². The summed E-state index contributed by atoms with van der Waals surface area (Å²) in [4.78, 5) is 0.193. The van der Waals surface area contributed by atoms with Crippen LogP contribution in [0.3, 0.4) is 0 Å². The number of nitrogens with zero attached hydrogens (tertiary/aromatic N) is 1. The van der Waals surface area contributed by atoms with Crippen molar-refractivity contribution >= 4 is 26.0 Å². The van der Waals surface area contributed by atoms with E-state index < -0.39 is 10.0 Å². The van der Waals surface area contributed by atoms with Gasteiger partial charge < -0.3 is 9.84 Å². The molecule has 1 saturated heterocycles. The van der Waals surface area contributed by atoms with Crippen LogP contribution in [0.1, 0.15) is 18.4 Å². The molecule has 7 heteroatoms. The number of benzene rings is 1. The van der Waals surface area contributed by atoms with Gasteiger partial charge in [0.25, 0.3) is 0 Å². The van der Waals surface area contributed by atoms with E-state index in [-0.39, 0.29) is 17.5 Å². The number of sulfonamides is 1. The molecule has 0 aromatic heterocycles. The summed E-state index contributed by atoms with van der Waals surface area (Å²) in [6.07, 6.45) is 1.40. The maximum Gasteiger partial charge on any atom is 0.244 e. The number of hydrogen-bond acceptors (Lipinski definition) is 4. The molecule has 112 valence electrons. The van der Waals surface area contributed by atoms with E-state index in [4.69, 9.17) is 9.84 Å². The molecule has 1 fully saturated rings. The summed E-state index contributed by atoms with van der Waals surface area (Å²) in [6.45, 7) is 0.988. The number of aliphatic hydroxyl groups excluding tert-OH is 1. The molecule has 1 heterocycles. The summed E-state index contributed by atoms with van der Waals surface area (Å²) in [7, 11) is -1.98. The zero-order chi connectivity index (χ0) is 14.8. The quantitative estimate of drug-likeness (QED) is 0.884. The first-order chi connectivity index (χ1) is 9.46. The standard InChI is InChI=1S/C13H18BrNO4S/c1-15(11-4-6-19-7-5-11)20(17,18)13-8-10(9-16)2-3-12(13)14/h2-3,8,11,16H,4-7,9H2,1H3. The average Bonchev–Trinajstić information content (AvgIpc) is 2.47. The highest BCUT2D eigenvalue weighted by atomic mass is 79.9. The summed E-state index contributed by atoms with van der Waals surface area (Å²) < 4.78 is 32.6. The SMILES string of the molecule is CN(C1CCOCC1)S(=O)(=O)c1cc(CO)ccc1Br. The average molecular weight is 364 g/mol. The number of hydrogen-bond donors (Lipinski definition) is 1. The van der Waals surface area contributed by atoms with Gasteiger partial charge in [0.05, 0.1) is 11.5 Å². The van der Waals surface area contributed by atoms with Crippen molar-refractivity contribution in [3.8, 4) is 0 Å². The number of ether oxygens (including phenoxy) is 1. The summed E-state index contributed by atoms with van der Waals surface area (Å²) in [6, 6.07) is 4.81. The van der Waals surface area contributed by atoms with Gasteiger partial charge in [0, 0.05) is 30.8 Å². The Hall–Kier alpha value is -0.470. The number of halogens is 1. The molecular weight excluding hydrogens is 346 g/mol. The molecule has 1 N–H and O–H groups in total. The third-order valence-electron chi connectivity index (χ3n) is 3.54. The summed E-state index contributed by atoms with van der Waals surface area (Å²) >= 11 is 3.28. The zero-order valence-corrected chi connectivity index (χ0v) is 13.7. The van der Waals surface area contributed by atoms with E-state index in [1.54, 1.807) is 19.2 Å². The lowest BCUT2D eigenvalue weighted by atomic mass is 10.1. The molecule has 1 aliphatic rings. The van der Waals surface area contributed by atoms with Crippen LogP contribution in [0.25, 0.3) is 0 Å². The lowest BCUT2D eigenvalue weighted by Gasteiger charge is -2.30. The molecule has 5 nitrogen and oxygen atoms in total. The topological polar surface area (TPSA) is 66.8 Å². The Bertz CT molecular complexity index is 570. The lowest BCUT2D eigenvalue weighted by molar-refractivity contribution is 0.0632. The first-order valence-electron chi connectivity index (χ1n) is 6.42. The van der Waals surface area contributed by atoms with Gasteiger partial charge in [-0.15, -0.1) is 0 Å². The van der Waals surface area contributed by atoms with Crippen LogP contribution in [0.15, 0.2) is 27.6 Å². The minimum atomic E-state index is -3.58. The molecule has 1 aromatic carbocycles. The Kier molecular flexibility index (Phi) is 5.19. The second kappa shape index (κ2) is 6.53. The molecule has 0 spiro atoms. The molecule has 1 aromatic rings. The maximum atomic E-state index is 12.7. The number of rotatable bonds is 4. The summed E-state index contributed by atoms with van der Waals surface area (Å²) in [5.74, 6) is 0. The highest BCUT2D eigenvalue weighted by Crippen LogP contribution is 2.28. The Morgan fingerprint density at radius 2 is 2.05 bits per heavy atom. The van der Waals surface area contributed by atoms with Crippen molar-refractivity contribution in [2.75, 3.05) is 20.3 Å². The van der Waals surface area contributed by atoms with Crippen molar-refractivity contribution in [1.82, 2.24) is 4.31 Å². The normalized spacial score (nSPS) is 17.6. The van der Waals surface area contributed by atoms with Crippen molar-refractivity contribution in [1.29, 1.82) is 0 Å². The fourth-order valence-electron chi connectivity index (χ4n) is 2.24. The van der Waals surface area contributed by atoms with Crippen molar-refractivity contribution in [3.63, 3.8) is 0 Å². The first kappa shape index (κ1) is 15.9. The van der Waals surface area contributed by atoms with Crippen LogP contribution < -0.4 is 0 Å². The van der Waals surface area contributed by atoms with E-state index in [0.29, 0.717) is 36.1 Å². The van der Waals surface area contributed by atoms with E-state index in [1.165, 1.54) is 10.4 Å². The smallest absolute Gasteiger partial charge is 0.244 e. The maximum absolute atomic E-state index is 12.7. The molecule has 1 aliphatic heterocycles. The van der Waals surface area contributed by atoms with Crippen molar-refractivity contribution in [3.05, 3.63) is 28.2 Å². The summed E-state index contributed by atoms with van der Waals surface area (Å²) in [5.41, 5.74) is 0.576. The van der Waals surface area contributed by atoms with E-state index in [1.807, 2.05) is 0 Å². The van der Waals surface area contributed by atoms with Gasteiger partial charge in [-0.2, -0.15) is 4.31 Å². The van der Waals surface area contributed by atoms with Gasteiger partial charge in [0.2, 0.25) is 10.0 Å². The molecule has 0 amide bonds. The minimum Gasteiger partial charge on any atom is -0.392 e. The van der Waals surface area contributed by atoms with Crippen LogP contribution in [0.4, 0.5) is 0 Å². The predicted octanol–water partition coefficient (Wildman–Crippen LogP) is 1.74. The Labute approximate surface area is 127 Å². The molecular formula is C13H18BrNO4S. The predicted molar refractivity (Wildman–Crippen MR) is 78.9 cm³/mol. The van der Waals surface area contributed by atoms with E-state index >= 15 is 0 Å². The molecule has 2 rings (SSSR count). The van der Waals surface area contributed by atoms with Crippen LogP contribution in [0, 0.1) is 0 Å². The molecule has 0 saturated carbocycles. The third kappa shape index (κ3) is 3.23. The number of aliphatic hydroxyl groups is 1. The zero-order valence-electron chi connectivity index (χ0n) is 11.3. The second-order valence-corrected chi connectivity index (χ2v) is 7.61. The Morgan fingerprint density at radius 3 is 2.65 bits per heavy atom. The van der Waals surface area contributed by atoms with Gasteiger partial charge in [0.15, 0.2) is 0 Å². The van der Waals surface area contributed by atoms with E-state index in [2.05, 4.69) is 15.9 Å². The minimum absolute atomic E-state index is 0.0431. The van der Waals surface area contributed by atoms with Gasteiger partial charge in [-0.3, -0.25) is 0 Å². The molecule has 0 atom stereocenters. The molecule has 20 heavy (non-hydrogen) atoms. The molecule has 0 radical (unpaired) electrons. The van der Waals surface area contributed by atoms with Crippen molar-refractivity contribution < 1.29 is 18.3 Å². The molecule has 0 bridgehead atoms. The van der Waals surface area contributed by atoms with Crippen LogP contribution in [-0.4, -0.2) is 44.1 Å². The highest BCUT2D eigenvalue weighted by Gasteiger charge is 2.30. The fourth-order valence-corrected chi connectivity index (χ4v) is 4.63. The van der Waals surface area contributed by atoms with E-state index in [0.717, 1.165) is 0 Å². The lowest BCUT2D eigenvalue weighted by Crippen LogP contribution is -2.40. The Balaban J connectivity index is 2.33. The first-order valence-corrected chi connectivity index (χ1v) is 8.65. The molecule has 0 unspecified atom stereocenters. The van der Waals surface area contributed by atoms with Crippen LogP contribution >= 0.6 is 15.9 Å². The van der Waals surface area contributed by atoms with Gasteiger partial charge in [0.1, 0.15) is 0 Å². The van der Waals surface area contributed by atoms with Gasteiger partial charge in [-0.1, -0.05) is 6.07 Å².